The molecular formula is C14H24N4O2S. The first-order chi connectivity index (χ1) is 9.66. The van der Waals surface area contributed by atoms with Crippen LogP contribution < -0.4 is 5.14 Å². The van der Waals surface area contributed by atoms with E-state index in [2.05, 4.69) is 10.2 Å². The third kappa shape index (κ3) is 2.73. The Morgan fingerprint density at radius 3 is 2.43 bits per heavy atom. The fraction of sp³-hybridized carbons (Fsp3) is 0.857. The van der Waals surface area contributed by atoms with Gasteiger partial charge in [0.05, 0.1) is 0 Å². The summed E-state index contributed by atoms with van der Waals surface area (Å²) in [6.07, 6.45) is 6.04. The lowest BCUT2D eigenvalue weighted by Crippen LogP contribution is -2.31. The van der Waals surface area contributed by atoms with Crippen LogP contribution in [0.25, 0.3) is 0 Å². The van der Waals surface area contributed by atoms with Gasteiger partial charge in [-0.15, -0.1) is 10.2 Å². The van der Waals surface area contributed by atoms with Gasteiger partial charge >= 0.3 is 0 Å². The largest absolute Gasteiger partial charge is 0.295 e. The van der Waals surface area contributed by atoms with Gasteiger partial charge in [-0.3, -0.25) is 4.57 Å². The summed E-state index contributed by atoms with van der Waals surface area (Å²) in [5, 5.41) is 13.2. The van der Waals surface area contributed by atoms with Crippen molar-refractivity contribution < 1.29 is 8.42 Å². The Morgan fingerprint density at radius 1 is 1.24 bits per heavy atom. The maximum atomic E-state index is 11.7. The van der Waals surface area contributed by atoms with Gasteiger partial charge in [-0.25, -0.2) is 13.6 Å². The summed E-state index contributed by atoms with van der Waals surface area (Å²) in [7, 11) is -3.85. The standard InChI is InChI=1S/C14H24N4O2S/c1-14(2,3)18-12(16-17-13(18)21(15,19)20)8-11-7-9-4-5-10(11)6-9/h9-11H,4-8H2,1-3H3,(H2,15,19,20). The van der Waals surface area contributed by atoms with E-state index in [9.17, 15) is 8.42 Å². The van der Waals surface area contributed by atoms with Crippen LogP contribution in [0.3, 0.4) is 0 Å². The monoisotopic (exact) mass is 312 g/mol. The quantitative estimate of drug-likeness (QED) is 0.919. The van der Waals surface area contributed by atoms with Crippen molar-refractivity contribution in [2.24, 2.45) is 22.9 Å². The van der Waals surface area contributed by atoms with Crippen LogP contribution in [0.1, 0.15) is 52.3 Å². The van der Waals surface area contributed by atoms with E-state index in [0.29, 0.717) is 5.92 Å². The molecule has 7 heteroatoms. The highest BCUT2D eigenvalue weighted by molar-refractivity contribution is 7.89. The van der Waals surface area contributed by atoms with Crippen LogP contribution in [0.5, 0.6) is 0 Å². The van der Waals surface area contributed by atoms with Gasteiger partial charge in [0.15, 0.2) is 0 Å². The number of nitrogens with two attached hydrogens (primary N) is 1. The van der Waals surface area contributed by atoms with Crippen molar-refractivity contribution in [1.82, 2.24) is 14.8 Å². The minimum absolute atomic E-state index is 0.117. The van der Waals surface area contributed by atoms with E-state index >= 15 is 0 Å². The molecule has 118 valence electrons. The molecule has 3 unspecified atom stereocenters. The normalized spacial score (nSPS) is 29.2. The van der Waals surface area contributed by atoms with Gasteiger partial charge in [-0.2, -0.15) is 0 Å². The lowest BCUT2D eigenvalue weighted by molar-refractivity contribution is 0.300. The zero-order chi connectivity index (χ0) is 15.4. The molecule has 21 heavy (non-hydrogen) atoms. The molecule has 2 aliphatic carbocycles. The SMILES string of the molecule is CC(C)(C)n1c(CC2CC3CCC2C3)nnc1S(N)(=O)=O. The Labute approximate surface area is 126 Å². The fourth-order valence-electron chi connectivity index (χ4n) is 4.15. The van der Waals surface area contributed by atoms with Crippen molar-refractivity contribution in [2.75, 3.05) is 0 Å². The lowest BCUT2D eigenvalue weighted by atomic mass is 9.86. The number of sulfonamides is 1. The van der Waals surface area contributed by atoms with Gasteiger partial charge < -0.3 is 0 Å². The number of nitrogens with zero attached hydrogens (tertiary/aromatic N) is 3. The number of aromatic nitrogens is 3. The Balaban J connectivity index is 1.94. The molecule has 2 aliphatic rings. The summed E-state index contributed by atoms with van der Waals surface area (Å²) in [4.78, 5) is 0. The predicted octanol–water partition coefficient (Wildman–Crippen LogP) is 1.66. The Morgan fingerprint density at radius 2 is 1.95 bits per heavy atom. The van der Waals surface area contributed by atoms with Crippen molar-refractivity contribution in [2.45, 2.75) is 63.6 Å². The number of fused-ring (bicyclic) bond motifs is 2. The summed E-state index contributed by atoms with van der Waals surface area (Å²) >= 11 is 0. The zero-order valence-electron chi connectivity index (χ0n) is 12.9. The second-order valence-corrected chi connectivity index (χ2v) is 9.04. The minimum atomic E-state index is -3.85. The summed E-state index contributed by atoms with van der Waals surface area (Å²) in [5.41, 5.74) is -0.405. The second-order valence-electron chi connectivity index (χ2n) is 7.59. The van der Waals surface area contributed by atoms with E-state index in [-0.39, 0.29) is 5.16 Å². The molecule has 0 saturated heterocycles. The molecule has 2 N–H and O–H groups in total. The molecule has 1 aromatic heterocycles. The Bertz CT molecular complexity index is 644. The summed E-state index contributed by atoms with van der Waals surface area (Å²) < 4.78 is 25.2. The average Bonchev–Trinajstić information content (AvgIpc) is 2.99. The number of primary sulfonamides is 1. The molecule has 2 fully saturated rings. The summed E-state index contributed by atoms with van der Waals surface area (Å²) in [6, 6.07) is 0. The molecule has 1 heterocycles. The topological polar surface area (TPSA) is 90.9 Å². The maximum absolute atomic E-state index is 11.7. The minimum Gasteiger partial charge on any atom is -0.295 e. The fourth-order valence-corrected chi connectivity index (χ4v) is 4.94. The highest BCUT2D eigenvalue weighted by Gasteiger charge is 2.40. The van der Waals surface area contributed by atoms with Crippen molar-refractivity contribution in [3.05, 3.63) is 5.82 Å². The molecular weight excluding hydrogens is 288 g/mol. The van der Waals surface area contributed by atoms with Crippen molar-refractivity contribution in [3.8, 4) is 0 Å². The van der Waals surface area contributed by atoms with Crippen LogP contribution >= 0.6 is 0 Å². The molecule has 2 bridgehead atoms. The van der Waals surface area contributed by atoms with Crippen molar-refractivity contribution >= 4 is 10.0 Å². The van der Waals surface area contributed by atoms with Gasteiger partial charge in [-0.1, -0.05) is 6.42 Å². The maximum Gasteiger partial charge on any atom is 0.273 e. The number of hydrogen-bond donors (Lipinski definition) is 1. The van der Waals surface area contributed by atoms with E-state index in [1.165, 1.54) is 25.7 Å². The smallest absolute Gasteiger partial charge is 0.273 e. The highest BCUT2D eigenvalue weighted by atomic mass is 32.2. The van der Waals surface area contributed by atoms with E-state index in [0.717, 1.165) is 24.1 Å². The molecule has 3 atom stereocenters. The highest BCUT2D eigenvalue weighted by Crippen LogP contribution is 2.49. The molecule has 0 amide bonds. The Hall–Kier alpha value is -0.950. The van der Waals surface area contributed by atoms with Crippen LogP contribution in [0.15, 0.2) is 5.16 Å². The van der Waals surface area contributed by atoms with Gasteiger partial charge in [0, 0.05) is 12.0 Å². The van der Waals surface area contributed by atoms with Gasteiger partial charge in [0.25, 0.3) is 15.2 Å². The van der Waals surface area contributed by atoms with E-state index < -0.39 is 15.6 Å². The first kappa shape index (κ1) is 15.0. The van der Waals surface area contributed by atoms with Gasteiger partial charge in [0.1, 0.15) is 5.82 Å². The summed E-state index contributed by atoms with van der Waals surface area (Å²) in [6.45, 7) is 5.86. The Kier molecular flexibility index (Phi) is 3.40. The van der Waals surface area contributed by atoms with Gasteiger partial charge in [0.2, 0.25) is 0 Å². The molecule has 0 spiro atoms. The molecule has 3 rings (SSSR count). The van der Waals surface area contributed by atoms with Crippen molar-refractivity contribution in [3.63, 3.8) is 0 Å². The third-order valence-corrected chi connectivity index (χ3v) is 5.73. The molecule has 0 radical (unpaired) electrons. The molecule has 6 nitrogen and oxygen atoms in total. The zero-order valence-corrected chi connectivity index (χ0v) is 13.7. The van der Waals surface area contributed by atoms with Crippen molar-refractivity contribution in [1.29, 1.82) is 0 Å². The van der Waals surface area contributed by atoms with Crippen LogP contribution in [-0.2, 0) is 22.0 Å². The van der Waals surface area contributed by atoms with E-state index in [4.69, 9.17) is 5.14 Å². The number of hydrogen-bond acceptors (Lipinski definition) is 4. The molecule has 0 aromatic carbocycles. The lowest BCUT2D eigenvalue weighted by Gasteiger charge is -2.27. The first-order valence-corrected chi connectivity index (χ1v) is 9.18. The van der Waals surface area contributed by atoms with Gasteiger partial charge in [-0.05, 0) is 57.8 Å². The predicted molar refractivity (Wildman–Crippen MR) is 79.0 cm³/mol. The molecule has 0 aliphatic heterocycles. The first-order valence-electron chi connectivity index (χ1n) is 7.64. The van der Waals surface area contributed by atoms with E-state index in [1.54, 1.807) is 4.57 Å². The van der Waals surface area contributed by atoms with Crippen LogP contribution in [0, 0.1) is 17.8 Å². The second kappa shape index (κ2) is 4.78. The third-order valence-electron chi connectivity index (χ3n) is 4.95. The average molecular weight is 312 g/mol. The van der Waals surface area contributed by atoms with Crippen LogP contribution in [0.2, 0.25) is 0 Å². The summed E-state index contributed by atoms with van der Waals surface area (Å²) in [5.74, 6) is 3.01. The number of rotatable bonds is 3. The van der Waals surface area contributed by atoms with Crippen LogP contribution in [-0.4, -0.2) is 23.2 Å². The van der Waals surface area contributed by atoms with E-state index in [1.807, 2.05) is 20.8 Å². The molecule has 1 aromatic rings. The van der Waals surface area contributed by atoms with Crippen LogP contribution in [0.4, 0.5) is 0 Å². The molecule has 2 saturated carbocycles.